The molecule has 1 aliphatic rings. The van der Waals surface area contributed by atoms with E-state index in [9.17, 15) is 9.35 Å². The highest BCUT2D eigenvalue weighted by Gasteiger charge is 2.21. The van der Waals surface area contributed by atoms with Crippen LogP contribution >= 0.6 is 0 Å². The standard InChI is InChI=1S/C24H35N3O5S/c1-17-7-5-11-27(14-17)12-6-10-25-23(28)16-33(29)15-20-18(2)32-24(26-20)19-8-9-21(30-3)22(13-19)31-4/h8-9,13,17H,5-7,10-12,14-16H2,1-4H3,(H,25,28). The van der Waals surface area contributed by atoms with Gasteiger partial charge in [-0.25, -0.2) is 4.98 Å². The van der Waals surface area contributed by atoms with E-state index < -0.39 is 11.2 Å². The Kier molecular flexibility index (Phi) is 9.46. The number of carbonyl (C=O) groups is 1. The first-order valence-electron chi connectivity index (χ1n) is 11.4. The number of carbonyl (C=O) groups excluding carboxylic acids is 1. The number of nitrogens with zero attached hydrogens (tertiary/aromatic N) is 2. The molecule has 1 amide bonds. The number of amides is 1. The zero-order valence-electron chi connectivity index (χ0n) is 20.0. The number of benzene rings is 1. The SMILES string of the molecule is COc1ccc(-c2nc(C[S+]([O-])CC(=O)NCCCN3CCCC(C)C3)c(C)o2)cc1OC. The van der Waals surface area contributed by atoms with Crippen molar-refractivity contribution in [2.75, 3.05) is 46.2 Å². The molecule has 0 bridgehead atoms. The molecule has 9 heteroatoms. The Morgan fingerprint density at radius 2 is 2.12 bits per heavy atom. The summed E-state index contributed by atoms with van der Waals surface area (Å²) in [5.74, 6) is 2.87. The third kappa shape index (κ3) is 7.38. The lowest BCUT2D eigenvalue weighted by molar-refractivity contribution is -0.118. The fourth-order valence-electron chi connectivity index (χ4n) is 4.08. The van der Waals surface area contributed by atoms with Crippen LogP contribution in [0.1, 0.15) is 37.6 Å². The van der Waals surface area contributed by atoms with Crippen LogP contribution in [0.2, 0.25) is 0 Å². The van der Waals surface area contributed by atoms with Crippen molar-refractivity contribution in [3.63, 3.8) is 0 Å². The minimum Gasteiger partial charge on any atom is -0.616 e. The van der Waals surface area contributed by atoms with Crippen LogP contribution in [0.3, 0.4) is 0 Å². The van der Waals surface area contributed by atoms with E-state index in [1.54, 1.807) is 33.3 Å². The third-order valence-corrected chi connectivity index (χ3v) is 7.01. The van der Waals surface area contributed by atoms with Crippen LogP contribution < -0.4 is 14.8 Å². The number of oxazole rings is 1. The van der Waals surface area contributed by atoms with Gasteiger partial charge in [0.25, 0.3) is 5.91 Å². The van der Waals surface area contributed by atoms with Crippen molar-refractivity contribution in [2.45, 2.75) is 38.9 Å². The zero-order chi connectivity index (χ0) is 23.8. The molecule has 33 heavy (non-hydrogen) atoms. The molecule has 2 unspecified atom stereocenters. The van der Waals surface area contributed by atoms with Gasteiger partial charge in [0.1, 0.15) is 11.5 Å². The Labute approximate surface area is 199 Å². The molecule has 2 aromatic rings. The molecule has 1 aromatic heterocycles. The number of nitrogens with one attached hydrogen (secondary N) is 1. The molecule has 3 rings (SSSR count). The molecule has 1 N–H and O–H groups in total. The van der Waals surface area contributed by atoms with Gasteiger partial charge in [-0.05, 0) is 74.6 Å². The Balaban J connectivity index is 1.46. The van der Waals surface area contributed by atoms with E-state index in [1.165, 1.54) is 12.8 Å². The van der Waals surface area contributed by atoms with Gasteiger partial charge in [-0.3, -0.25) is 4.79 Å². The largest absolute Gasteiger partial charge is 0.616 e. The number of ether oxygens (including phenoxy) is 2. The molecule has 182 valence electrons. The molecular weight excluding hydrogens is 442 g/mol. The maximum atomic E-state index is 12.5. The normalized spacial score (nSPS) is 17.5. The number of likely N-dealkylation sites (tertiary alicyclic amines) is 1. The smallest absolute Gasteiger partial charge is 0.269 e. The van der Waals surface area contributed by atoms with E-state index in [0.717, 1.165) is 37.5 Å². The minimum atomic E-state index is -1.37. The molecule has 1 saturated heterocycles. The maximum Gasteiger partial charge on any atom is 0.269 e. The summed E-state index contributed by atoms with van der Waals surface area (Å²) in [6, 6.07) is 5.38. The van der Waals surface area contributed by atoms with E-state index in [0.29, 0.717) is 35.4 Å². The van der Waals surface area contributed by atoms with Gasteiger partial charge in [0.2, 0.25) is 5.89 Å². The fraction of sp³-hybridized carbons (Fsp3) is 0.583. The lowest BCUT2D eigenvalue weighted by atomic mass is 10.0. The number of aromatic nitrogens is 1. The number of piperidine rings is 1. The number of aryl methyl sites for hydroxylation is 1. The molecule has 1 aromatic carbocycles. The lowest BCUT2D eigenvalue weighted by Gasteiger charge is -2.30. The van der Waals surface area contributed by atoms with Crippen molar-refractivity contribution < 1.29 is 23.2 Å². The van der Waals surface area contributed by atoms with Crippen LogP contribution in [-0.2, 0) is 21.7 Å². The summed E-state index contributed by atoms with van der Waals surface area (Å²) < 4.78 is 28.9. The molecule has 8 nitrogen and oxygen atoms in total. The van der Waals surface area contributed by atoms with Crippen LogP contribution in [0.5, 0.6) is 11.5 Å². The van der Waals surface area contributed by atoms with Crippen LogP contribution in [0.15, 0.2) is 22.6 Å². The van der Waals surface area contributed by atoms with Crippen molar-refractivity contribution in [1.82, 2.24) is 15.2 Å². The van der Waals surface area contributed by atoms with Crippen LogP contribution in [0.25, 0.3) is 11.5 Å². The highest BCUT2D eigenvalue weighted by Crippen LogP contribution is 2.32. The van der Waals surface area contributed by atoms with Crippen LogP contribution in [0.4, 0.5) is 0 Å². The second-order valence-corrected chi connectivity index (χ2v) is 10.0. The van der Waals surface area contributed by atoms with Crippen molar-refractivity contribution in [3.05, 3.63) is 29.7 Å². The van der Waals surface area contributed by atoms with E-state index in [-0.39, 0.29) is 17.4 Å². The Hall–Kier alpha value is -2.23. The van der Waals surface area contributed by atoms with E-state index in [4.69, 9.17) is 13.9 Å². The molecule has 2 atom stereocenters. The Bertz CT molecular complexity index is 919. The summed E-state index contributed by atoms with van der Waals surface area (Å²) in [5.41, 5.74) is 1.32. The average molecular weight is 478 g/mol. The van der Waals surface area contributed by atoms with Gasteiger partial charge < -0.3 is 28.7 Å². The van der Waals surface area contributed by atoms with E-state index in [1.807, 2.05) is 6.07 Å². The van der Waals surface area contributed by atoms with Crippen LogP contribution in [0, 0.1) is 12.8 Å². The van der Waals surface area contributed by atoms with Crippen molar-refractivity contribution in [1.29, 1.82) is 0 Å². The number of hydrogen-bond donors (Lipinski definition) is 1. The third-order valence-electron chi connectivity index (χ3n) is 5.83. The summed E-state index contributed by atoms with van der Waals surface area (Å²) in [6.07, 6.45) is 3.46. The van der Waals surface area contributed by atoms with Crippen molar-refractivity contribution in [2.24, 2.45) is 5.92 Å². The topological polar surface area (TPSA) is 99.9 Å². The molecule has 0 spiro atoms. The fourth-order valence-corrected chi connectivity index (χ4v) is 5.15. The van der Waals surface area contributed by atoms with E-state index in [2.05, 4.69) is 22.1 Å². The van der Waals surface area contributed by atoms with Gasteiger partial charge in [0, 0.05) is 18.7 Å². The summed E-state index contributed by atoms with van der Waals surface area (Å²) in [6.45, 7) is 7.95. The quantitative estimate of drug-likeness (QED) is 0.392. The van der Waals surface area contributed by atoms with Crippen LogP contribution in [-0.4, -0.2) is 66.5 Å². The van der Waals surface area contributed by atoms with E-state index >= 15 is 0 Å². The van der Waals surface area contributed by atoms with Gasteiger partial charge >= 0.3 is 0 Å². The highest BCUT2D eigenvalue weighted by molar-refractivity contribution is 7.91. The number of rotatable bonds is 11. The number of methoxy groups -OCH3 is 2. The number of hydrogen-bond acceptors (Lipinski definition) is 7. The van der Waals surface area contributed by atoms with Gasteiger partial charge in [-0.15, -0.1) is 0 Å². The summed E-state index contributed by atoms with van der Waals surface area (Å²) in [4.78, 5) is 19.2. The monoisotopic (exact) mass is 477 g/mol. The molecule has 1 aliphatic heterocycles. The van der Waals surface area contributed by atoms with Crippen molar-refractivity contribution in [3.8, 4) is 23.0 Å². The summed E-state index contributed by atoms with van der Waals surface area (Å²) in [7, 11) is 3.14. The lowest BCUT2D eigenvalue weighted by Crippen LogP contribution is -2.37. The summed E-state index contributed by atoms with van der Waals surface area (Å²) >= 11 is -1.37. The molecular formula is C24H35N3O5S. The highest BCUT2D eigenvalue weighted by atomic mass is 32.2. The first kappa shape index (κ1) is 25.4. The Morgan fingerprint density at radius 1 is 1.33 bits per heavy atom. The van der Waals surface area contributed by atoms with Gasteiger partial charge in [0.15, 0.2) is 23.0 Å². The summed E-state index contributed by atoms with van der Waals surface area (Å²) in [5, 5.41) is 2.89. The maximum absolute atomic E-state index is 12.5. The molecule has 1 fully saturated rings. The molecule has 2 heterocycles. The zero-order valence-corrected chi connectivity index (χ0v) is 20.8. The minimum absolute atomic E-state index is 0.0429. The van der Waals surface area contributed by atoms with Gasteiger partial charge in [-0.2, -0.15) is 0 Å². The second kappa shape index (κ2) is 12.3. The second-order valence-electron chi connectivity index (χ2n) is 8.57. The molecule has 0 aliphatic carbocycles. The van der Waals surface area contributed by atoms with Gasteiger partial charge in [-0.1, -0.05) is 6.92 Å². The average Bonchev–Trinajstić information content (AvgIpc) is 3.16. The predicted octanol–water partition coefficient (Wildman–Crippen LogP) is 3.15. The van der Waals surface area contributed by atoms with Gasteiger partial charge in [0.05, 0.1) is 14.2 Å². The van der Waals surface area contributed by atoms with Crippen molar-refractivity contribution >= 4 is 17.1 Å². The first-order chi connectivity index (χ1) is 15.9. The molecule has 0 radical (unpaired) electrons. The molecule has 0 saturated carbocycles. The predicted molar refractivity (Wildman–Crippen MR) is 129 cm³/mol. The Morgan fingerprint density at radius 3 is 2.85 bits per heavy atom. The first-order valence-corrected chi connectivity index (χ1v) is 12.9.